The normalized spacial score (nSPS) is 18.9. The van der Waals surface area contributed by atoms with Crippen LogP contribution in [0.2, 0.25) is 0 Å². The van der Waals surface area contributed by atoms with Crippen LogP contribution in [0.4, 0.5) is 13.2 Å². The topological polar surface area (TPSA) is 78.4 Å². The summed E-state index contributed by atoms with van der Waals surface area (Å²) in [4.78, 5) is 24.4. The van der Waals surface area contributed by atoms with E-state index in [2.05, 4.69) is 14.8 Å². The van der Waals surface area contributed by atoms with Crippen LogP contribution in [0.25, 0.3) is 11.1 Å². The largest absolute Gasteiger partial charge is 0.508 e. The lowest BCUT2D eigenvalue weighted by molar-refractivity contribution is -0.137. The first-order valence-corrected chi connectivity index (χ1v) is 14.9. The number of piperazine rings is 1. The van der Waals surface area contributed by atoms with Crippen LogP contribution in [0.1, 0.15) is 27.0 Å². The predicted molar refractivity (Wildman–Crippen MR) is 182 cm³/mol. The molecular formula is C33H42Cl3F3N4O4. The summed E-state index contributed by atoms with van der Waals surface area (Å²) in [5.74, 6) is -0.270. The summed E-state index contributed by atoms with van der Waals surface area (Å²) in [7, 11) is 1.66. The number of phenols is 1. The number of aromatic hydroxyl groups is 1. The Labute approximate surface area is 292 Å². The quantitative estimate of drug-likeness (QED) is 0.301. The van der Waals surface area contributed by atoms with Crippen molar-refractivity contribution in [1.29, 1.82) is 0 Å². The zero-order valence-electron chi connectivity index (χ0n) is 26.3. The van der Waals surface area contributed by atoms with Crippen LogP contribution in [0, 0.1) is 6.92 Å². The van der Waals surface area contributed by atoms with Gasteiger partial charge in [0.1, 0.15) is 5.75 Å². The number of hydrogen-bond acceptors (Lipinski definition) is 7. The first kappa shape index (κ1) is 40.5. The molecule has 0 aliphatic carbocycles. The molecule has 5 rings (SSSR count). The Morgan fingerprint density at radius 3 is 2.32 bits per heavy atom. The van der Waals surface area contributed by atoms with Gasteiger partial charge in [-0.3, -0.25) is 19.6 Å². The maximum atomic E-state index is 14.0. The van der Waals surface area contributed by atoms with Crippen molar-refractivity contribution in [1.82, 2.24) is 19.7 Å². The molecule has 3 heterocycles. The molecule has 8 nitrogen and oxygen atoms in total. The van der Waals surface area contributed by atoms with Gasteiger partial charge in [-0.2, -0.15) is 13.2 Å². The highest BCUT2D eigenvalue weighted by Gasteiger charge is 2.35. The summed E-state index contributed by atoms with van der Waals surface area (Å²) in [5, 5.41) is 10.3. The van der Waals surface area contributed by atoms with Crippen molar-refractivity contribution in [2.45, 2.75) is 31.7 Å². The van der Waals surface area contributed by atoms with Crippen molar-refractivity contribution in [3.05, 3.63) is 83.2 Å². The molecule has 14 heteroatoms. The lowest BCUT2D eigenvalue weighted by atomic mass is 9.97. The molecule has 2 aromatic carbocycles. The van der Waals surface area contributed by atoms with Gasteiger partial charge in [0, 0.05) is 76.9 Å². The third-order valence-corrected chi connectivity index (χ3v) is 8.40. The molecule has 3 aromatic rings. The number of carbonyl (C=O) groups is 1. The number of aryl methyl sites for hydroxylation is 1. The average Bonchev–Trinajstić information content (AvgIpc) is 3.02. The molecule has 1 N–H and O–H groups in total. The highest BCUT2D eigenvalue weighted by atomic mass is 35.5. The van der Waals surface area contributed by atoms with Crippen LogP contribution in [0.5, 0.6) is 5.75 Å². The fourth-order valence-electron chi connectivity index (χ4n) is 5.96. The van der Waals surface area contributed by atoms with E-state index in [1.165, 1.54) is 18.5 Å². The molecule has 2 aliphatic rings. The van der Waals surface area contributed by atoms with E-state index in [1.54, 1.807) is 30.2 Å². The average molecular weight is 722 g/mol. The van der Waals surface area contributed by atoms with Gasteiger partial charge in [0.05, 0.1) is 24.9 Å². The molecule has 2 aliphatic heterocycles. The first-order chi connectivity index (χ1) is 21.1. The highest BCUT2D eigenvalue weighted by molar-refractivity contribution is 5.96. The van der Waals surface area contributed by atoms with Gasteiger partial charge in [0.15, 0.2) is 0 Å². The van der Waals surface area contributed by atoms with Crippen molar-refractivity contribution in [2.75, 3.05) is 66.1 Å². The minimum atomic E-state index is -4.61. The number of rotatable bonds is 9. The van der Waals surface area contributed by atoms with Gasteiger partial charge in [-0.15, -0.1) is 37.2 Å². The van der Waals surface area contributed by atoms with Crippen LogP contribution in [-0.4, -0.2) is 109 Å². The van der Waals surface area contributed by atoms with E-state index in [9.17, 15) is 23.1 Å². The van der Waals surface area contributed by atoms with Crippen molar-refractivity contribution in [3.8, 4) is 16.9 Å². The molecule has 260 valence electrons. The van der Waals surface area contributed by atoms with E-state index in [0.717, 1.165) is 49.4 Å². The van der Waals surface area contributed by atoms with Gasteiger partial charge in [0.25, 0.3) is 5.91 Å². The number of amides is 1. The number of aromatic nitrogens is 1. The summed E-state index contributed by atoms with van der Waals surface area (Å²) in [5.41, 5.74) is 1.58. The van der Waals surface area contributed by atoms with E-state index >= 15 is 0 Å². The van der Waals surface area contributed by atoms with Gasteiger partial charge in [-0.25, -0.2) is 0 Å². The summed E-state index contributed by atoms with van der Waals surface area (Å²) < 4.78 is 53.0. The second-order valence-electron chi connectivity index (χ2n) is 11.6. The van der Waals surface area contributed by atoms with Crippen molar-refractivity contribution >= 4 is 43.1 Å². The molecule has 0 radical (unpaired) electrons. The second-order valence-corrected chi connectivity index (χ2v) is 11.6. The van der Waals surface area contributed by atoms with Gasteiger partial charge in [0.2, 0.25) is 0 Å². The smallest absolute Gasteiger partial charge is 0.416 e. The number of hydrogen-bond donors (Lipinski definition) is 1. The SMILES string of the molecule is COC[C@@H]1CN(CCN2CCN(C(=O)c3cc(-c4ccncc4)cc(C(F)(F)F)c3)[C@H](Cc3ccc(C)c(O)c3)C2)CCO1.Cl.Cl.Cl. The van der Waals surface area contributed by atoms with Crippen molar-refractivity contribution in [2.24, 2.45) is 0 Å². The number of morpholine rings is 1. The molecule has 0 bridgehead atoms. The highest BCUT2D eigenvalue weighted by Crippen LogP contribution is 2.34. The van der Waals surface area contributed by atoms with Crippen LogP contribution in [-0.2, 0) is 22.1 Å². The number of methoxy groups -OCH3 is 1. The Morgan fingerprint density at radius 2 is 1.66 bits per heavy atom. The molecule has 1 amide bonds. The Hall–Kier alpha value is -2.64. The van der Waals surface area contributed by atoms with Crippen LogP contribution in [0.3, 0.4) is 0 Å². The van der Waals surface area contributed by atoms with E-state index in [-0.39, 0.29) is 60.7 Å². The fraction of sp³-hybridized carbons (Fsp3) is 0.455. The molecule has 0 saturated carbocycles. The third-order valence-electron chi connectivity index (χ3n) is 8.40. The number of ether oxygens (including phenoxy) is 2. The maximum absolute atomic E-state index is 14.0. The van der Waals surface area contributed by atoms with Gasteiger partial charge in [-0.1, -0.05) is 12.1 Å². The van der Waals surface area contributed by atoms with Crippen LogP contribution < -0.4 is 0 Å². The number of pyridine rings is 1. The Kier molecular flexibility index (Phi) is 15.7. The van der Waals surface area contributed by atoms with E-state index in [4.69, 9.17) is 9.47 Å². The monoisotopic (exact) mass is 720 g/mol. The standard InChI is InChI=1S/C33H39F3N4O4.3ClH/c1-23-3-4-24(16-31(23)41)15-29-20-38(9-10-39-13-14-44-30(21-39)22-43-2)11-12-40(29)32(42)27-17-26(25-5-7-37-8-6-25)18-28(19-27)33(34,35)36;;;/h3-8,16-19,29-30,41H,9-15,20-22H2,1-2H3;3*1H/t29-,30+;;;/m1.../s1. The Morgan fingerprint density at radius 1 is 0.957 bits per heavy atom. The van der Waals surface area contributed by atoms with Crippen molar-refractivity contribution < 1.29 is 32.5 Å². The summed E-state index contributed by atoms with van der Waals surface area (Å²) in [6, 6.07) is 12.0. The minimum absolute atomic E-state index is 0. The number of halogens is 6. The van der Waals surface area contributed by atoms with Gasteiger partial charge in [-0.05, 0) is 72.0 Å². The lowest BCUT2D eigenvalue weighted by Crippen LogP contribution is -2.57. The number of carbonyl (C=O) groups excluding carboxylic acids is 1. The molecule has 2 saturated heterocycles. The fourth-order valence-corrected chi connectivity index (χ4v) is 5.96. The van der Waals surface area contributed by atoms with Gasteiger partial charge < -0.3 is 19.5 Å². The molecule has 0 unspecified atom stereocenters. The number of benzene rings is 2. The third kappa shape index (κ3) is 10.7. The maximum Gasteiger partial charge on any atom is 0.416 e. The number of nitrogens with zero attached hydrogens (tertiary/aromatic N) is 4. The zero-order valence-corrected chi connectivity index (χ0v) is 28.8. The molecule has 1 aromatic heterocycles. The number of alkyl halides is 3. The van der Waals surface area contributed by atoms with Gasteiger partial charge >= 0.3 is 6.18 Å². The molecule has 2 fully saturated rings. The van der Waals surface area contributed by atoms with Crippen molar-refractivity contribution in [3.63, 3.8) is 0 Å². The predicted octanol–water partition coefficient (Wildman–Crippen LogP) is 5.76. The summed E-state index contributed by atoms with van der Waals surface area (Å²) >= 11 is 0. The van der Waals surface area contributed by atoms with Crippen LogP contribution >= 0.6 is 37.2 Å². The molecular weight excluding hydrogens is 680 g/mol. The van der Waals surface area contributed by atoms with E-state index in [1.807, 2.05) is 19.1 Å². The molecule has 2 atom stereocenters. The zero-order chi connectivity index (χ0) is 31.3. The number of phenolic OH excluding ortho intramolecular Hbond substituents is 1. The minimum Gasteiger partial charge on any atom is -0.508 e. The molecule has 0 spiro atoms. The Bertz CT molecular complexity index is 1440. The van der Waals surface area contributed by atoms with E-state index in [0.29, 0.717) is 50.4 Å². The first-order valence-electron chi connectivity index (χ1n) is 14.9. The summed E-state index contributed by atoms with van der Waals surface area (Å²) in [6.07, 6.45) is -1.10. The molecule has 47 heavy (non-hydrogen) atoms. The van der Waals surface area contributed by atoms with Crippen LogP contribution in [0.15, 0.2) is 60.9 Å². The summed E-state index contributed by atoms with van der Waals surface area (Å²) in [6.45, 7) is 7.77. The lowest BCUT2D eigenvalue weighted by Gasteiger charge is -2.43. The second kappa shape index (κ2) is 18.2. The Balaban J connectivity index is 0.00000256. The van der Waals surface area contributed by atoms with E-state index < -0.39 is 17.6 Å².